The van der Waals surface area contributed by atoms with E-state index in [1.807, 2.05) is 46.6 Å². The highest BCUT2D eigenvalue weighted by Crippen LogP contribution is 2.45. The lowest BCUT2D eigenvalue weighted by atomic mass is 9.72. The average molecular weight is 463 g/mol. The zero-order valence-corrected chi connectivity index (χ0v) is 21.0. The van der Waals surface area contributed by atoms with E-state index in [1.165, 1.54) is 22.2 Å². The molecule has 1 fully saturated rings. The van der Waals surface area contributed by atoms with Crippen LogP contribution in [0.1, 0.15) is 60.7 Å². The van der Waals surface area contributed by atoms with Gasteiger partial charge in [0.05, 0.1) is 5.39 Å². The molecule has 1 aliphatic carbocycles. The highest BCUT2D eigenvalue weighted by atomic mass is 32.1. The van der Waals surface area contributed by atoms with E-state index in [1.54, 1.807) is 0 Å². The van der Waals surface area contributed by atoms with Gasteiger partial charge in [-0.3, -0.25) is 4.79 Å². The van der Waals surface area contributed by atoms with Gasteiger partial charge in [0.15, 0.2) is 0 Å². The molecule has 3 heterocycles. The molecule has 0 saturated carbocycles. The first kappa shape index (κ1) is 22.3. The SMILES string of the molecule is CCc1nc(N2CCN(C(=O)c3ccccc3)CC2)c2c3c(sc2n1)CC(C(C)(C)C)CC3. The Balaban J connectivity index is 1.43. The number of nitrogens with zero attached hydrogens (tertiary/aromatic N) is 4. The first-order chi connectivity index (χ1) is 15.8. The lowest BCUT2D eigenvalue weighted by Gasteiger charge is -2.36. The van der Waals surface area contributed by atoms with Crippen LogP contribution in [0, 0.1) is 11.3 Å². The van der Waals surface area contributed by atoms with Crippen molar-refractivity contribution in [2.24, 2.45) is 11.3 Å². The van der Waals surface area contributed by atoms with E-state index in [0.717, 1.165) is 67.5 Å². The van der Waals surface area contributed by atoms with E-state index < -0.39 is 0 Å². The van der Waals surface area contributed by atoms with E-state index in [0.29, 0.717) is 11.3 Å². The molecule has 0 spiro atoms. The summed E-state index contributed by atoms with van der Waals surface area (Å²) in [4.78, 5) is 29.9. The van der Waals surface area contributed by atoms with Crippen molar-refractivity contribution < 1.29 is 4.79 Å². The van der Waals surface area contributed by atoms with Gasteiger partial charge in [-0.1, -0.05) is 45.9 Å². The van der Waals surface area contributed by atoms with Gasteiger partial charge in [0.2, 0.25) is 0 Å². The summed E-state index contributed by atoms with van der Waals surface area (Å²) in [5.41, 5.74) is 2.58. The number of carbonyl (C=O) groups is 1. The molecule has 1 aliphatic heterocycles. The van der Waals surface area contributed by atoms with Crippen LogP contribution in [0.4, 0.5) is 5.82 Å². The Labute approximate surface area is 200 Å². The molecule has 5 nitrogen and oxygen atoms in total. The minimum Gasteiger partial charge on any atom is -0.352 e. The lowest BCUT2D eigenvalue weighted by molar-refractivity contribution is 0.0746. The van der Waals surface area contributed by atoms with E-state index in [2.05, 4.69) is 32.6 Å². The first-order valence-corrected chi connectivity index (χ1v) is 13.1. The van der Waals surface area contributed by atoms with Gasteiger partial charge in [-0.15, -0.1) is 11.3 Å². The fourth-order valence-corrected chi connectivity index (χ4v) is 6.52. The summed E-state index contributed by atoms with van der Waals surface area (Å²) < 4.78 is 0. The van der Waals surface area contributed by atoms with Crippen molar-refractivity contribution in [1.82, 2.24) is 14.9 Å². The predicted molar refractivity (Wildman–Crippen MR) is 136 cm³/mol. The molecule has 1 amide bonds. The molecule has 2 aliphatic rings. The monoisotopic (exact) mass is 462 g/mol. The van der Waals surface area contributed by atoms with Crippen molar-refractivity contribution >= 4 is 33.3 Å². The van der Waals surface area contributed by atoms with Crippen molar-refractivity contribution in [3.8, 4) is 0 Å². The summed E-state index contributed by atoms with van der Waals surface area (Å²) >= 11 is 1.89. The third kappa shape index (κ3) is 4.25. The number of aromatic nitrogens is 2. The summed E-state index contributed by atoms with van der Waals surface area (Å²) in [7, 11) is 0. The van der Waals surface area contributed by atoms with Gasteiger partial charge in [-0.25, -0.2) is 9.97 Å². The molecule has 1 atom stereocenters. The second-order valence-corrected chi connectivity index (χ2v) is 11.5. The highest BCUT2D eigenvalue weighted by molar-refractivity contribution is 7.19. The quantitative estimate of drug-likeness (QED) is 0.525. The Hall–Kier alpha value is -2.47. The molecule has 0 bridgehead atoms. The number of hydrogen-bond acceptors (Lipinski definition) is 5. The van der Waals surface area contributed by atoms with Gasteiger partial charge < -0.3 is 9.80 Å². The maximum absolute atomic E-state index is 12.9. The van der Waals surface area contributed by atoms with Crippen LogP contribution in [0.25, 0.3) is 10.2 Å². The van der Waals surface area contributed by atoms with Gasteiger partial charge in [-0.05, 0) is 48.3 Å². The standard InChI is InChI=1S/C27H34N4OS/c1-5-22-28-24(30-13-15-31(16-14-30)26(32)18-9-7-6-8-10-18)23-20-12-11-19(27(2,3)4)17-21(20)33-25(23)29-22/h6-10,19H,5,11-17H2,1-4H3. The number of carbonyl (C=O) groups excluding carboxylic acids is 1. The third-order valence-electron chi connectivity index (χ3n) is 7.36. The number of amides is 1. The fourth-order valence-electron chi connectivity index (χ4n) is 5.21. The Morgan fingerprint density at radius 2 is 1.82 bits per heavy atom. The van der Waals surface area contributed by atoms with Crippen LogP contribution < -0.4 is 4.90 Å². The normalized spacial score (nSPS) is 19.1. The zero-order chi connectivity index (χ0) is 23.2. The number of anilines is 1. The van der Waals surface area contributed by atoms with Crippen molar-refractivity contribution in [3.63, 3.8) is 0 Å². The van der Waals surface area contributed by atoms with Crippen molar-refractivity contribution in [2.75, 3.05) is 31.1 Å². The molecule has 1 aromatic carbocycles. The van der Waals surface area contributed by atoms with Crippen LogP contribution in [0.3, 0.4) is 0 Å². The number of rotatable bonds is 3. The average Bonchev–Trinajstić information content (AvgIpc) is 3.21. The van der Waals surface area contributed by atoms with Gasteiger partial charge in [0.25, 0.3) is 5.91 Å². The number of fused-ring (bicyclic) bond motifs is 3. The van der Waals surface area contributed by atoms with Crippen LogP contribution >= 0.6 is 11.3 Å². The van der Waals surface area contributed by atoms with Gasteiger partial charge >= 0.3 is 0 Å². The molecule has 5 rings (SSSR count). The van der Waals surface area contributed by atoms with Crippen molar-refractivity contribution in [1.29, 1.82) is 0 Å². The van der Waals surface area contributed by atoms with Crippen LogP contribution in [0.15, 0.2) is 30.3 Å². The largest absolute Gasteiger partial charge is 0.352 e. The molecule has 0 N–H and O–H groups in total. The molecule has 1 saturated heterocycles. The van der Waals surface area contributed by atoms with Crippen molar-refractivity contribution in [3.05, 3.63) is 52.2 Å². The molecule has 6 heteroatoms. The fraction of sp³-hybridized carbons (Fsp3) is 0.519. The molecular formula is C27H34N4OS. The van der Waals surface area contributed by atoms with Gasteiger partial charge in [0, 0.05) is 43.0 Å². The predicted octanol–water partition coefficient (Wildman–Crippen LogP) is 5.37. The molecule has 33 heavy (non-hydrogen) atoms. The summed E-state index contributed by atoms with van der Waals surface area (Å²) in [6.07, 6.45) is 4.34. The number of hydrogen-bond donors (Lipinski definition) is 0. The lowest BCUT2D eigenvalue weighted by Crippen LogP contribution is -2.49. The smallest absolute Gasteiger partial charge is 0.253 e. The maximum atomic E-state index is 12.9. The van der Waals surface area contributed by atoms with E-state index in [4.69, 9.17) is 9.97 Å². The number of benzene rings is 1. The van der Waals surface area contributed by atoms with Crippen LogP contribution in [-0.2, 0) is 19.3 Å². The Bertz CT molecular complexity index is 1160. The van der Waals surface area contributed by atoms with Gasteiger partial charge in [-0.2, -0.15) is 0 Å². The molecular weight excluding hydrogens is 428 g/mol. The summed E-state index contributed by atoms with van der Waals surface area (Å²) in [5, 5.41) is 1.28. The Morgan fingerprint density at radius 3 is 2.48 bits per heavy atom. The molecule has 1 unspecified atom stereocenters. The molecule has 174 valence electrons. The van der Waals surface area contributed by atoms with E-state index in [-0.39, 0.29) is 5.91 Å². The zero-order valence-electron chi connectivity index (χ0n) is 20.2. The summed E-state index contributed by atoms with van der Waals surface area (Å²) in [6, 6.07) is 9.61. The second-order valence-electron chi connectivity index (χ2n) is 10.5. The summed E-state index contributed by atoms with van der Waals surface area (Å²) in [5.74, 6) is 2.85. The van der Waals surface area contributed by atoms with Crippen LogP contribution in [-0.4, -0.2) is 47.0 Å². The number of aryl methyl sites for hydroxylation is 2. The first-order valence-electron chi connectivity index (χ1n) is 12.3. The van der Waals surface area contributed by atoms with Crippen LogP contribution in [0.5, 0.6) is 0 Å². The van der Waals surface area contributed by atoms with Crippen LogP contribution in [0.2, 0.25) is 0 Å². The minimum absolute atomic E-state index is 0.124. The Morgan fingerprint density at radius 1 is 1.09 bits per heavy atom. The molecule has 0 radical (unpaired) electrons. The van der Waals surface area contributed by atoms with E-state index in [9.17, 15) is 4.79 Å². The topological polar surface area (TPSA) is 49.3 Å². The Kier molecular flexibility index (Phi) is 5.89. The van der Waals surface area contributed by atoms with Crippen molar-refractivity contribution in [2.45, 2.75) is 53.4 Å². The summed E-state index contributed by atoms with van der Waals surface area (Å²) in [6.45, 7) is 12.3. The molecule has 2 aromatic heterocycles. The second kappa shape index (κ2) is 8.71. The maximum Gasteiger partial charge on any atom is 0.253 e. The highest BCUT2D eigenvalue weighted by Gasteiger charge is 2.33. The third-order valence-corrected chi connectivity index (χ3v) is 8.51. The van der Waals surface area contributed by atoms with E-state index >= 15 is 0 Å². The van der Waals surface area contributed by atoms with Gasteiger partial charge in [0.1, 0.15) is 16.5 Å². The number of thiophene rings is 1. The molecule has 3 aromatic rings. The number of piperazine rings is 1. The minimum atomic E-state index is 0.124.